The van der Waals surface area contributed by atoms with Gasteiger partial charge in [0.1, 0.15) is 13.2 Å². The molecule has 9 heteroatoms. The Morgan fingerprint density at radius 1 is 0.295 bits per heavy atom. The number of likely N-dealkylation sites (N-methyl/N-ethyl adjacent to an activating group) is 1. The number of nitrogens with zero attached hydrogens (tertiary/aromatic N) is 1. The number of hydrogen-bond acceptors (Lipinski definition) is 8. The van der Waals surface area contributed by atoms with Crippen molar-refractivity contribution in [2.75, 3.05) is 47.5 Å². The molecule has 0 heterocycles. The molecule has 0 aromatic heterocycles. The molecular formula is C96H165NO8. The third-order valence-electron chi connectivity index (χ3n) is 19.1. The lowest BCUT2D eigenvalue weighted by Crippen LogP contribution is -2.44. The average molecular weight is 1460 g/mol. The first-order valence-electron chi connectivity index (χ1n) is 44.0. The third-order valence-corrected chi connectivity index (χ3v) is 19.1. The summed E-state index contributed by atoms with van der Waals surface area (Å²) in [6.07, 6.45) is 121. The minimum atomic E-state index is -1.63. The van der Waals surface area contributed by atoms with Crippen LogP contribution >= 0.6 is 0 Å². The molecule has 0 rings (SSSR count). The number of rotatable bonds is 81. The Hall–Kier alpha value is -4.83. The fourth-order valence-corrected chi connectivity index (χ4v) is 12.4. The number of carboxylic acids is 1. The number of aliphatic carboxylic acids is 1. The highest BCUT2D eigenvalue weighted by atomic mass is 16.7. The van der Waals surface area contributed by atoms with Crippen molar-refractivity contribution >= 4 is 17.9 Å². The topological polar surface area (TPSA) is 111 Å². The summed E-state index contributed by atoms with van der Waals surface area (Å²) in [4.78, 5) is 37.7. The number of hydrogen-bond donors (Lipinski definition) is 0. The van der Waals surface area contributed by atoms with Gasteiger partial charge in [-0.1, -0.05) is 397 Å². The van der Waals surface area contributed by atoms with Gasteiger partial charge in [-0.15, -0.1) is 0 Å². The minimum absolute atomic E-state index is 0.143. The number of ether oxygens (including phenoxy) is 4. The van der Waals surface area contributed by atoms with Crippen molar-refractivity contribution in [1.29, 1.82) is 0 Å². The number of carboxylic acid groups (broad SMARTS) is 1. The van der Waals surface area contributed by atoms with Crippen LogP contribution in [-0.2, 0) is 33.3 Å². The number of carbonyl (C=O) groups excluding carboxylic acids is 3. The second-order valence-corrected chi connectivity index (χ2v) is 30.4. The van der Waals surface area contributed by atoms with E-state index < -0.39 is 24.3 Å². The second kappa shape index (κ2) is 84.8. The van der Waals surface area contributed by atoms with Crippen molar-refractivity contribution in [2.24, 2.45) is 0 Å². The lowest BCUT2D eigenvalue weighted by Gasteiger charge is -2.26. The van der Waals surface area contributed by atoms with E-state index in [1.807, 2.05) is 21.1 Å². The van der Waals surface area contributed by atoms with E-state index in [1.54, 1.807) is 0 Å². The molecule has 105 heavy (non-hydrogen) atoms. The van der Waals surface area contributed by atoms with Gasteiger partial charge < -0.3 is 33.3 Å². The number of esters is 2. The van der Waals surface area contributed by atoms with E-state index in [0.29, 0.717) is 23.9 Å². The van der Waals surface area contributed by atoms with Crippen molar-refractivity contribution in [2.45, 2.75) is 399 Å². The largest absolute Gasteiger partial charge is 0.545 e. The van der Waals surface area contributed by atoms with Crippen LogP contribution in [0.2, 0.25) is 0 Å². The zero-order valence-electron chi connectivity index (χ0n) is 69.1. The van der Waals surface area contributed by atoms with Crippen LogP contribution in [0.4, 0.5) is 0 Å². The maximum atomic E-state index is 13.0. The van der Waals surface area contributed by atoms with Gasteiger partial charge in [0.15, 0.2) is 12.4 Å². The molecular weight excluding hydrogens is 1300 g/mol. The van der Waals surface area contributed by atoms with E-state index in [4.69, 9.17) is 18.9 Å². The lowest BCUT2D eigenvalue weighted by molar-refractivity contribution is -0.870. The Morgan fingerprint density at radius 3 is 0.810 bits per heavy atom. The Labute approximate surface area is 649 Å². The zero-order valence-corrected chi connectivity index (χ0v) is 69.1. The molecule has 0 aliphatic rings. The molecule has 0 aromatic carbocycles. The van der Waals surface area contributed by atoms with Gasteiger partial charge in [-0.3, -0.25) is 9.59 Å². The molecule has 0 aliphatic heterocycles. The van der Waals surface area contributed by atoms with Gasteiger partial charge in [0.25, 0.3) is 0 Å². The van der Waals surface area contributed by atoms with E-state index >= 15 is 0 Å². The number of unbranched alkanes of at least 4 members (excludes halogenated alkanes) is 42. The average Bonchev–Trinajstić information content (AvgIpc) is 1.97. The molecule has 602 valence electrons. The van der Waals surface area contributed by atoms with Gasteiger partial charge in [0.2, 0.25) is 0 Å². The molecule has 0 aliphatic carbocycles. The Morgan fingerprint density at radius 2 is 0.543 bits per heavy atom. The van der Waals surface area contributed by atoms with Gasteiger partial charge >= 0.3 is 11.9 Å². The first kappa shape index (κ1) is 100. The normalized spacial score (nSPS) is 13.3. The zero-order chi connectivity index (χ0) is 76.0. The van der Waals surface area contributed by atoms with E-state index in [0.717, 1.165) is 116 Å². The molecule has 0 spiro atoms. The van der Waals surface area contributed by atoms with Crippen LogP contribution < -0.4 is 5.11 Å². The maximum Gasteiger partial charge on any atom is 0.306 e. The standard InChI is InChI=1S/C96H165NO8/c1-6-8-10-12-14-16-18-20-22-24-26-28-30-32-34-36-38-40-42-44-46-47-49-50-52-54-56-58-60-62-64-66-68-70-72-74-76-78-80-82-84-86-93(98)103-90-92(91-104-96(95(100)101)102-89-88-97(3,4)5)105-94(99)87-85-83-81-79-77-75-73-71-69-67-65-63-61-59-57-55-53-51-48-45-43-41-39-37-35-33-31-29-27-25-23-21-19-17-15-13-11-9-7-2/h9,11,15,17-18,20-21,23-24,26-27,29-30,32-33,35,39,41,45,48,53,55,59,61,92,96H,6-8,10,12-14,16,19,22,25,28,31,34,36-38,40,42-44,46-47,49-52,54,56-58,60,62-91H2,1-5H3/b11-9-,17-15-,20-18-,23-21-,26-24-,29-27-,32-30-,35-33-,41-39-,48-45-,55-53-,61-59-. The maximum absolute atomic E-state index is 13.0. The fraction of sp³-hybridized carbons (Fsp3) is 0.719. The number of quaternary nitrogens is 1. The Bertz CT molecular complexity index is 2250. The van der Waals surface area contributed by atoms with Crippen LogP contribution in [0, 0.1) is 0 Å². The van der Waals surface area contributed by atoms with Gasteiger partial charge in [0.05, 0.1) is 40.3 Å². The summed E-state index contributed by atoms with van der Waals surface area (Å²) in [5.41, 5.74) is 0. The molecule has 0 saturated carbocycles. The van der Waals surface area contributed by atoms with E-state index in [1.165, 1.54) is 238 Å². The second-order valence-electron chi connectivity index (χ2n) is 30.4. The molecule has 0 radical (unpaired) electrons. The Balaban J connectivity index is 4.00. The summed E-state index contributed by atoms with van der Waals surface area (Å²) in [5, 5.41) is 11.9. The van der Waals surface area contributed by atoms with Crippen LogP contribution in [0.15, 0.2) is 146 Å². The predicted molar refractivity (Wildman–Crippen MR) is 453 cm³/mol. The van der Waals surface area contributed by atoms with Crippen molar-refractivity contribution < 1.29 is 42.9 Å². The van der Waals surface area contributed by atoms with E-state index in [9.17, 15) is 19.5 Å². The molecule has 2 atom stereocenters. The SMILES string of the molecule is CC/C=C\C/C=C\C/C=C\C/C=C\C/C=C\C/C=C\C/C=C\C/C=C\C/C=C\CCCCCCCCCCCCCC(=O)OC(COC(=O)CCCCCCCCCCCCCCCCCCCCCCCCCCCC/C=C\C/C=C\C/C=C\CCCCCCC)COC(OCC[N+](C)(C)C)C(=O)[O-]. The van der Waals surface area contributed by atoms with Gasteiger partial charge in [-0.25, -0.2) is 0 Å². The highest BCUT2D eigenvalue weighted by Gasteiger charge is 2.22. The van der Waals surface area contributed by atoms with E-state index in [-0.39, 0.29) is 32.2 Å². The van der Waals surface area contributed by atoms with Crippen molar-refractivity contribution in [3.8, 4) is 0 Å². The molecule has 0 aromatic rings. The van der Waals surface area contributed by atoms with Gasteiger partial charge in [-0.05, 0) is 122 Å². The van der Waals surface area contributed by atoms with Crippen LogP contribution in [-0.4, -0.2) is 82.3 Å². The van der Waals surface area contributed by atoms with Crippen LogP contribution in [0.1, 0.15) is 386 Å². The molecule has 0 N–H and O–H groups in total. The quantitative estimate of drug-likeness (QED) is 0.0195. The first-order valence-corrected chi connectivity index (χ1v) is 44.0. The lowest BCUT2D eigenvalue weighted by atomic mass is 10.0. The van der Waals surface area contributed by atoms with Crippen LogP contribution in [0.3, 0.4) is 0 Å². The summed E-state index contributed by atoms with van der Waals surface area (Å²) < 4.78 is 22.9. The van der Waals surface area contributed by atoms with Crippen molar-refractivity contribution in [3.05, 3.63) is 146 Å². The molecule has 0 bridgehead atoms. The minimum Gasteiger partial charge on any atom is -0.545 e. The number of carbonyl (C=O) groups is 3. The first-order chi connectivity index (χ1) is 51.6. The van der Waals surface area contributed by atoms with Gasteiger partial charge in [0, 0.05) is 12.8 Å². The van der Waals surface area contributed by atoms with Crippen LogP contribution in [0.5, 0.6) is 0 Å². The predicted octanol–water partition coefficient (Wildman–Crippen LogP) is 27.6. The molecule has 0 fully saturated rings. The Kier molecular flexibility index (Phi) is 80.9. The molecule has 0 amide bonds. The smallest absolute Gasteiger partial charge is 0.306 e. The molecule has 0 saturated heterocycles. The van der Waals surface area contributed by atoms with Gasteiger partial charge in [-0.2, -0.15) is 0 Å². The summed E-state index contributed by atoms with van der Waals surface area (Å²) >= 11 is 0. The fourth-order valence-electron chi connectivity index (χ4n) is 12.4. The highest BCUT2D eigenvalue weighted by Crippen LogP contribution is 2.19. The van der Waals surface area contributed by atoms with E-state index in [2.05, 4.69) is 160 Å². The summed E-state index contributed by atoms with van der Waals surface area (Å²) in [5.74, 6) is -2.28. The highest BCUT2D eigenvalue weighted by molar-refractivity contribution is 5.70. The summed E-state index contributed by atoms with van der Waals surface area (Å²) in [7, 11) is 5.94. The number of allylic oxidation sites excluding steroid dienone is 24. The summed E-state index contributed by atoms with van der Waals surface area (Å²) in [6, 6.07) is 0. The monoisotopic (exact) mass is 1460 g/mol. The molecule has 9 nitrogen and oxygen atoms in total. The van der Waals surface area contributed by atoms with Crippen molar-refractivity contribution in [1.82, 2.24) is 0 Å². The van der Waals surface area contributed by atoms with Crippen molar-refractivity contribution in [3.63, 3.8) is 0 Å². The van der Waals surface area contributed by atoms with Crippen LogP contribution in [0.25, 0.3) is 0 Å². The summed E-state index contributed by atoms with van der Waals surface area (Å²) in [6.45, 7) is 4.65. The molecule has 2 unspecified atom stereocenters. The third kappa shape index (κ3) is 86.3.